The van der Waals surface area contributed by atoms with Gasteiger partial charge >= 0.3 is 5.97 Å². The molecule has 0 fully saturated rings. The first-order valence-corrected chi connectivity index (χ1v) is 12.5. The molecule has 1 amide bonds. The van der Waals surface area contributed by atoms with Crippen LogP contribution in [0.15, 0.2) is 28.7 Å². The van der Waals surface area contributed by atoms with Gasteiger partial charge in [-0.05, 0) is 42.2 Å². The number of aromatic nitrogens is 1. The number of amidine groups is 1. The van der Waals surface area contributed by atoms with Crippen molar-refractivity contribution in [2.24, 2.45) is 0 Å². The number of aryl methyl sites for hydroxylation is 1. The minimum atomic E-state index is -0.941. The molecule has 38 heavy (non-hydrogen) atoms. The van der Waals surface area contributed by atoms with Gasteiger partial charge in [-0.15, -0.1) is 0 Å². The summed E-state index contributed by atoms with van der Waals surface area (Å²) in [6.07, 6.45) is 0.0512. The number of rotatable bonds is 9. The second-order valence-electron chi connectivity index (χ2n) is 10.3. The highest BCUT2D eigenvalue weighted by Crippen LogP contribution is 2.34. The number of carbonyl (C=O) groups excluding carboxylic acids is 2. The fourth-order valence-corrected chi connectivity index (χ4v) is 4.53. The van der Waals surface area contributed by atoms with Crippen LogP contribution >= 0.6 is 0 Å². The first-order chi connectivity index (χ1) is 17.9. The maximum Gasteiger partial charge on any atom is 0.303 e. The third-order valence-corrected chi connectivity index (χ3v) is 6.46. The van der Waals surface area contributed by atoms with Crippen molar-refractivity contribution in [2.75, 3.05) is 20.2 Å². The molecule has 0 radical (unpaired) electrons. The molecule has 1 aromatic heterocycles. The lowest BCUT2D eigenvalue weighted by Crippen LogP contribution is -2.30. The molecule has 3 aromatic rings. The molecule has 0 unspecified atom stereocenters. The number of hydrogen-bond donors (Lipinski definition) is 3. The van der Waals surface area contributed by atoms with E-state index in [9.17, 15) is 14.4 Å². The molecule has 10 nitrogen and oxygen atoms in total. The first kappa shape index (κ1) is 26.8. The highest BCUT2D eigenvalue weighted by molar-refractivity contribution is 6.08. The number of carboxylic acids is 1. The van der Waals surface area contributed by atoms with Gasteiger partial charge in [0.15, 0.2) is 17.3 Å². The van der Waals surface area contributed by atoms with Crippen molar-refractivity contribution in [1.29, 1.82) is 5.41 Å². The van der Waals surface area contributed by atoms with Gasteiger partial charge in [-0.2, -0.15) is 0 Å². The summed E-state index contributed by atoms with van der Waals surface area (Å²) in [5.74, 6) is -0.526. The van der Waals surface area contributed by atoms with Crippen molar-refractivity contribution in [3.05, 3.63) is 58.0 Å². The van der Waals surface area contributed by atoms with Gasteiger partial charge in [0, 0.05) is 36.7 Å². The van der Waals surface area contributed by atoms with Gasteiger partial charge in [-0.3, -0.25) is 19.8 Å². The maximum atomic E-state index is 13.5. The summed E-state index contributed by atoms with van der Waals surface area (Å²) in [6.45, 7) is 8.53. The van der Waals surface area contributed by atoms with Crippen molar-refractivity contribution in [1.82, 2.24) is 15.2 Å². The van der Waals surface area contributed by atoms with Gasteiger partial charge in [0.05, 0.1) is 25.1 Å². The van der Waals surface area contributed by atoms with E-state index in [-0.39, 0.29) is 42.3 Å². The van der Waals surface area contributed by atoms with E-state index >= 15 is 0 Å². The molecule has 0 saturated heterocycles. The van der Waals surface area contributed by atoms with Crippen molar-refractivity contribution < 1.29 is 28.6 Å². The van der Waals surface area contributed by atoms with Crippen molar-refractivity contribution >= 4 is 34.6 Å². The molecular formula is C28H32N4O6. The number of amides is 1. The molecule has 4 rings (SSSR count). The Hall–Kier alpha value is -4.21. The number of carboxylic acid groups (broad SMARTS) is 1. The Morgan fingerprint density at radius 2 is 1.95 bits per heavy atom. The van der Waals surface area contributed by atoms with E-state index in [4.69, 9.17) is 19.7 Å². The normalized spacial score (nSPS) is 13.1. The number of fused-ring (bicyclic) bond motifs is 2. The number of ketones is 1. The lowest BCUT2D eigenvalue weighted by Gasteiger charge is -2.21. The molecule has 0 atom stereocenters. The minimum Gasteiger partial charge on any atom is -0.493 e. The second kappa shape index (κ2) is 10.3. The summed E-state index contributed by atoms with van der Waals surface area (Å²) in [5, 5.41) is 20.3. The number of Topliss-reactive ketones (excluding diaryl/α,β-unsaturated/α-hetero) is 1. The fourth-order valence-electron chi connectivity index (χ4n) is 4.53. The summed E-state index contributed by atoms with van der Waals surface area (Å²) in [6, 6.07) is 6.86. The minimum absolute atomic E-state index is 0.0361. The summed E-state index contributed by atoms with van der Waals surface area (Å²) < 4.78 is 11.6. The zero-order chi connectivity index (χ0) is 27.8. The molecule has 200 valence electrons. The van der Waals surface area contributed by atoms with Crippen LogP contribution in [0.2, 0.25) is 0 Å². The molecule has 1 aliphatic heterocycles. The third kappa shape index (κ3) is 5.25. The van der Waals surface area contributed by atoms with E-state index in [1.165, 1.54) is 7.05 Å². The predicted molar refractivity (Wildman–Crippen MR) is 141 cm³/mol. The molecule has 2 aromatic carbocycles. The van der Waals surface area contributed by atoms with Crippen LogP contribution in [0.25, 0.3) is 11.1 Å². The number of ether oxygens (including phenoxy) is 1. The summed E-state index contributed by atoms with van der Waals surface area (Å²) in [5.41, 5.74) is 3.65. The number of oxazole rings is 1. The van der Waals surface area contributed by atoms with E-state index in [1.807, 2.05) is 27.7 Å². The van der Waals surface area contributed by atoms with Gasteiger partial charge in [0.25, 0.3) is 5.91 Å². The molecule has 0 spiro atoms. The van der Waals surface area contributed by atoms with Crippen LogP contribution < -0.4 is 10.1 Å². The van der Waals surface area contributed by atoms with Gasteiger partial charge in [-0.1, -0.05) is 20.8 Å². The Bertz CT molecular complexity index is 1450. The first-order valence-electron chi connectivity index (χ1n) is 12.5. The van der Waals surface area contributed by atoms with Crippen LogP contribution in [0.1, 0.15) is 77.4 Å². The van der Waals surface area contributed by atoms with Gasteiger partial charge in [0.2, 0.25) is 0 Å². The van der Waals surface area contributed by atoms with Gasteiger partial charge in [-0.25, -0.2) is 4.98 Å². The Kier molecular flexibility index (Phi) is 7.26. The smallest absolute Gasteiger partial charge is 0.303 e. The summed E-state index contributed by atoms with van der Waals surface area (Å²) in [4.78, 5) is 43.0. The molecular weight excluding hydrogens is 488 g/mol. The fraction of sp³-hybridized carbons (Fsp3) is 0.393. The Morgan fingerprint density at radius 1 is 1.21 bits per heavy atom. The van der Waals surface area contributed by atoms with Crippen LogP contribution in [-0.2, 0) is 23.2 Å². The van der Waals surface area contributed by atoms with E-state index in [1.54, 1.807) is 29.2 Å². The van der Waals surface area contributed by atoms with Crippen LogP contribution in [0.3, 0.4) is 0 Å². The lowest BCUT2D eigenvalue weighted by atomic mass is 9.85. The van der Waals surface area contributed by atoms with Crippen LogP contribution in [-0.4, -0.2) is 58.7 Å². The Balaban J connectivity index is 1.63. The topological polar surface area (TPSA) is 146 Å². The molecule has 10 heteroatoms. The average molecular weight is 521 g/mol. The number of nitrogens with one attached hydrogen (secondary N) is 2. The third-order valence-electron chi connectivity index (χ3n) is 6.46. The summed E-state index contributed by atoms with van der Waals surface area (Å²) in [7, 11) is 1.54. The average Bonchev–Trinajstić information content (AvgIpc) is 3.40. The highest BCUT2D eigenvalue weighted by atomic mass is 16.5. The second-order valence-corrected chi connectivity index (χ2v) is 10.3. The number of aliphatic carboxylic acids is 1. The van der Waals surface area contributed by atoms with Gasteiger partial charge < -0.3 is 24.5 Å². The van der Waals surface area contributed by atoms with E-state index in [0.29, 0.717) is 52.6 Å². The Labute approximate surface area is 220 Å². The van der Waals surface area contributed by atoms with Crippen molar-refractivity contribution in [2.45, 2.75) is 52.5 Å². The van der Waals surface area contributed by atoms with Crippen molar-refractivity contribution in [3.8, 4) is 5.75 Å². The summed E-state index contributed by atoms with van der Waals surface area (Å²) >= 11 is 0. The Morgan fingerprint density at radius 3 is 2.58 bits per heavy atom. The SMILES string of the molecule is CCOc1cc2c(cc1C(=O)NC)C(=N)N(CC(=O)c1cc(C(C)(C)C)c3oc(CCC(=O)O)nc3c1)C2. The van der Waals surface area contributed by atoms with Crippen LogP contribution in [0, 0.1) is 5.41 Å². The molecule has 3 N–H and O–H groups in total. The van der Waals surface area contributed by atoms with Crippen LogP contribution in [0.4, 0.5) is 0 Å². The molecule has 0 aliphatic carbocycles. The quantitative estimate of drug-likeness (QED) is 0.360. The maximum absolute atomic E-state index is 13.5. The van der Waals surface area contributed by atoms with E-state index in [2.05, 4.69) is 10.3 Å². The van der Waals surface area contributed by atoms with E-state index in [0.717, 1.165) is 11.1 Å². The lowest BCUT2D eigenvalue weighted by molar-refractivity contribution is -0.137. The number of nitrogens with zero attached hydrogens (tertiary/aromatic N) is 2. The van der Waals surface area contributed by atoms with Gasteiger partial charge in [0.1, 0.15) is 17.1 Å². The number of carbonyl (C=O) groups is 3. The van der Waals surface area contributed by atoms with Crippen molar-refractivity contribution in [3.63, 3.8) is 0 Å². The standard InChI is InChI=1S/C28H32N4O6/c1-6-37-22-11-16-13-32(26(29)17(16)12-18(22)27(36)30-5)14-21(33)15-9-19(28(2,3)4)25-20(10-15)31-23(38-25)7-8-24(34)35/h9-12,29H,6-8,13-14H2,1-5H3,(H,30,36)(H,34,35). The predicted octanol–water partition coefficient (Wildman–Crippen LogP) is 3.92. The van der Waals surface area contributed by atoms with Crippen LogP contribution in [0.5, 0.6) is 5.75 Å². The number of hydrogen-bond acceptors (Lipinski definition) is 7. The zero-order valence-corrected chi connectivity index (χ0v) is 22.2. The molecule has 2 heterocycles. The monoisotopic (exact) mass is 520 g/mol. The number of benzene rings is 2. The largest absolute Gasteiger partial charge is 0.493 e. The van der Waals surface area contributed by atoms with E-state index < -0.39 is 5.97 Å². The molecule has 1 aliphatic rings. The zero-order valence-electron chi connectivity index (χ0n) is 22.2. The molecule has 0 bridgehead atoms. The highest BCUT2D eigenvalue weighted by Gasteiger charge is 2.30. The molecule has 0 saturated carbocycles.